The highest BCUT2D eigenvalue weighted by Crippen LogP contribution is 2.31. The summed E-state index contributed by atoms with van der Waals surface area (Å²) >= 11 is 2.17. The monoisotopic (exact) mass is 418 g/mol. The fourth-order valence-corrected chi connectivity index (χ4v) is 4.04. The van der Waals surface area contributed by atoms with Gasteiger partial charge in [0.1, 0.15) is 6.33 Å². The fraction of sp³-hybridized carbons (Fsp3) is 0.294. The van der Waals surface area contributed by atoms with Gasteiger partial charge in [0.2, 0.25) is 5.91 Å². The van der Waals surface area contributed by atoms with E-state index in [2.05, 4.69) is 20.5 Å². The van der Waals surface area contributed by atoms with E-state index in [1.165, 1.54) is 11.8 Å². The molecule has 2 aromatic heterocycles. The van der Waals surface area contributed by atoms with Crippen LogP contribution in [0.4, 0.5) is 4.79 Å². The number of nitrogens with zero attached hydrogens (tertiary/aromatic N) is 5. The van der Waals surface area contributed by atoms with Gasteiger partial charge in [-0.2, -0.15) is 0 Å². The molecule has 1 aliphatic heterocycles. The first-order chi connectivity index (χ1) is 13.6. The van der Waals surface area contributed by atoms with Gasteiger partial charge in [-0.25, -0.2) is 0 Å². The third-order valence-electron chi connectivity index (χ3n) is 3.77. The molecule has 1 aliphatic rings. The van der Waals surface area contributed by atoms with Crippen LogP contribution in [0.25, 0.3) is 6.08 Å². The average molecular weight is 419 g/mol. The van der Waals surface area contributed by atoms with Crippen molar-refractivity contribution in [2.45, 2.75) is 18.6 Å². The van der Waals surface area contributed by atoms with Gasteiger partial charge in [-0.15, -0.1) is 10.2 Å². The largest absolute Gasteiger partial charge is 0.354 e. The number of nitrogens with one attached hydrogen (secondary N) is 1. The molecular weight excluding hydrogens is 400 g/mol. The third-order valence-corrected chi connectivity index (χ3v) is 5.65. The quantitative estimate of drug-likeness (QED) is 0.509. The first-order valence-electron chi connectivity index (χ1n) is 8.51. The first kappa shape index (κ1) is 20.1. The topological polar surface area (TPSA) is 110 Å². The van der Waals surface area contributed by atoms with Gasteiger partial charge in [0.25, 0.3) is 11.1 Å². The lowest BCUT2D eigenvalue weighted by Gasteiger charge is -2.12. The molecule has 146 valence electrons. The average Bonchev–Trinajstić information content (AvgIpc) is 3.26. The van der Waals surface area contributed by atoms with Crippen LogP contribution in [-0.4, -0.2) is 60.5 Å². The van der Waals surface area contributed by atoms with Gasteiger partial charge >= 0.3 is 0 Å². The molecule has 0 radical (unpaired) electrons. The SMILES string of the molecule is CCn1cnnc1SCC(=O)NCCN1C(=O)S/C(=C\c2cccnc2)C1=O. The summed E-state index contributed by atoms with van der Waals surface area (Å²) < 4.78 is 1.84. The summed E-state index contributed by atoms with van der Waals surface area (Å²) in [6.45, 7) is 3.00. The third kappa shape index (κ3) is 4.98. The van der Waals surface area contributed by atoms with E-state index in [4.69, 9.17) is 0 Å². The van der Waals surface area contributed by atoms with Crippen LogP contribution in [0, 0.1) is 0 Å². The second-order valence-corrected chi connectivity index (χ2v) is 7.59. The molecule has 0 aliphatic carbocycles. The van der Waals surface area contributed by atoms with Crippen molar-refractivity contribution in [2.75, 3.05) is 18.8 Å². The number of hydrogen-bond acceptors (Lipinski definition) is 8. The number of pyridine rings is 1. The van der Waals surface area contributed by atoms with Crippen molar-refractivity contribution in [3.63, 3.8) is 0 Å². The summed E-state index contributed by atoms with van der Waals surface area (Å²) in [5, 5.41) is 10.8. The Balaban J connectivity index is 1.46. The zero-order valence-electron chi connectivity index (χ0n) is 15.1. The molecule has 0 bridgehead atoms. The molecule has 0 spiro atoms. The number of hydrogen-bond donors (Lipinski definition) is 1. The van der Waals surface area contributed by atoms with E-state index in [1.54, 1.807) is 36.9 Å². The lowest BCUT2D eigenvalue weighted by molar-refractivity contribution is -0.123. The van der Waals surface area contributed by atoms with Crippen molar-refractivity contribution < 1.29 is 14.4 Å². The van der Waals surface area contributed by atoms with Crippen molar-refractivity contribution in [1.82, 2.24) is 30.0 Å². The number of imide groups is 1. The van der Waals surface area contributed by atoms with Gasteiger partial charge in [-0.3, -0.25) is 24.3 Å². The molecule has 28 heavy (non-hydrogen) atoms. The van der Waals surface area contributed by atoms with Crippen LogP contribution in [-0.2, 0) is 16.1 Å². The van der Waals surface area contributed by atoms with Crippen molar-refractivity contribution >= 4 is 46.7 Å². The number of aryl methyl sites for hydroxylation is 1. The van der Waals surface area contributed by atoms with Crippen LogP contribution in [0.3, 0.4) is 0 Å². The molecule has 3 heterocycles. The fourth-order valence-electron chi connectivity index (χ4n) is 2.37. The molecule has 0 atom stereocenters. The van der Waals surface area contributed by atoms with E-state index in [1.807, 2.05) is 11.5 Å². The minimum absolute atomic E-state index is 0.122. The zero-order valence-corrected chi connectivity index (χ0v) is 16.7. The maximum atomic E-state index is 12.4. The van der Waals surface area contributed by atoms with Gasteiger partial charge in [0, 0.05) is 32.0 Å². The number of amides is 3. The van der Waals surface area contributed by atoms with E-state index in [9.17, 15) is 14.4 Å². The van der Waals surface area contributed by atoms with E-state index in [-0.39, 0.29) is 35.9 Å². The second kappa shape index (κ2) is 9.51. The van der Waals surface area contributed by atoms with Crippen molar-refractivity contribution in [1.29, 1.82) is 0 Å². The molecule has 0 aromatic carbocycles. The van der Waals surface area contributed by atoms with Crippen LogP contribution in [0.15, 0.2) is 40.9 Å². The Bertz CT molecular complexity index is 899. The lowest BCUT2D eigenvalue weighted by atomic mass is 10.2. The van der Waals surface area contributed by atoms with Crippen LogP contribution < -0.4 is 5.32 Å². The Labute approximate surface area is 170 Å². The summed E-state index contributed by atoms with van der Waals surface area (Å²) in [6, 6.07) is 3.56. The Kier molecular flexibility index (Phi) is 6.82. The maximum absolute atomic E-state index is 12.4. The Morgan fingerprint density at radius 1 is 1.39 bits per heavy atom. The molecule has 9 nitrogen and oxygen atoms in total. The van der Waals surface area contributed by atoms with Crippen LogP contribution in [0.5, 0.6) is 0 Å². The summed E-state index contributed by atoms with van der Waals surface area (Å²) in [5.41, 5.74) is 0.748. The molecule has 0 unspecified atom stereocenters. The number of rotatable bonds is 8. The summed E-state index contributed by atoms with van der Waals surface area (Å²) in [7, 11) is 0. The molecule has 1 saturated heterocycles. The summed E-state index contributed by atoms with van der Waals surface area (Å²) in [5.74, 6) is -0.381. The minimum atomic E-state index is -0.362. The zero-order chi connectivity index (χ0) is 19.9. The first-order valence-corrected chi connectivity index (χ1v) is 10.3. The number of aromatic nitrogens is 4. The van der Waals surface area contributed by atoms with E-state index in [0.717, 1.165) is 28.8 Å². The van der Waals surface area contributed by atoms with Gasteiger partial charge in [0.05, 0.1) is 10.7 Å². The van der Waals surface area contributed by atoms with Crippen molar-refractivity contribution in [3.8, 4) is 0 Å². The number of thioether (sulfide) groups is 2. The smallest absolute Gasteiger partial charge is 0.293 e. The molecule has 2 aromatic rings. The highest BCUT2D eigenvalue weighted by Gasteiger charge is 2.34. The standard InChI is InChI=1S/C17H18N6O3S2/c1-2-22-11-20-21-16(22)27-10-14(24)19-6-7-23-15(25)13(28-17(23)26)8-12-4-3-5-18-9-12/h3-5,8-9,11H,2,6-7,10H2,1H3,(H,19,24)/b13-8-. The van der Waals surface area contributed by atoms with Crippen molar-refractivity contribution in [3.05, 3.63) is 41.3 Å². The summed E-state index contributed by atoms with van der Waals surface area (Å²) in [6.07, 6.45) is 6.50. The lowest BCUT2D eigenvalue weighted by Crippen LogP contribution is -2.37. The van der Waals surface area contributed by atoms with Crippen LogP contribution in [0.1, 0.15) is 12.5 Å². The van der Waals surface area contributed by atoms with E-state index >= 15 is 0 Å². The van der Waals surface area contributed by atoms with Crippen LogP contribution >= 0.6 is 23.5 Å². The van der Waals surface area contributed by atoms with Crippen molar-refractivity contribution in [2.24, 2.45) is 0 Å². The molecule has 3 rings (SSSR count). The summed E-state index contributed by atoms with van der Waals surface area (Å²) in [4.78, 5) is 41.9. The van der Waals surface area contributed by atoms with E-state index < -0.39 is 0 Å². The molecular formula is C17H18N6O3S2. The highest BCUT2D eigenvalue weighted by molar-refractivity contribution is 8.18. The number of carbonyl (C=O) groups excluding carboxylic acids is 3. The van der Waals surface area contributed by atoms with E-state index in [0.29, 0.717) is 10.1 Å². The Morgan fingerprint density at radius 3 is 3.00 bits per heavy atom. The molecule has 3 amide bonds. The normalized spacial score (nSPS) is 15.5. The Hall–Kier alpha value is -2.66. The van der Waals surface area contributed by atoms with Gasteiger partial charge < -0.3 is 9.88 Å². The van der Waals surface area contributed by atoms with Gasteiger partial charge in [-0.1, -0.05) is 17.8 Å². The predicted octanol–water partition coefficient (Wildman–Crippen LogP) is 1.64. The predicted molar refractivity (Wildman–Crippen MR) is 106 cm³/mol. The van der Waals surface area contributed by atoms with Gasteiger partial charge in [-0.05, 0) is 36.4 Å². The molecule has 0 saturated carbocycles. The second-order valence-electron chi connectivity index (χ2n) is 5.66. The van der Waals surface area contributed by atoms with Gasteiger partial charge in [0.15, 0.2) is 5.16 Å². The molecule has 11 heteroatoms. The molecule has 1 N–H and O–H groups in total. The van der Waals surface area contributed by atoms with Crippen LogP contribution in [0.2, 0.25) is 0 Å². The molecule has 1 fully saturated rings. The number of carbonyl (C=O) groups is 3. The Morgan fingerprint density at radius 2 is 2.25 bits per heavy atom. The minimum Gasteiger partial charge on any atom is -0.354 e. The highest BCUT2D eigenvalue weighted by atomic mass is 32.2. The maximum Gasteiger partial charge on any atom is 0.293 e.